The van der Waals surface area contributed by atoms with Crippen molar-refractivity contribution in [2.75, 3.05) is 0 Å². The predicted molar refractivity (Wildman–Crippen MR) is 39.8 cm³/mol. The Morgan fingerprint density at radius 1 is 1.69 bits per heavy atom. The van der Waals surface area contributed by atoms with E-state index in [1.807, 2.05) is 0 Å². The van der Waals surface area contributed by atoms with E-state index in [0.717, 1.165) is 0 Å². The lowest BCUT2D eigenvalue weighted by molar-refractivity contribution is -0.394. The summed E-state index contributed by atoms with van der Waals surface area (Å²) < 4.78 is 13.8. The molecule has 70 valence electrons. The van der Waals surface area contributed by atoms with E-state index < -0.39 is 17.0 Å². The van der Waals surface area contributed by atoms with Gasteiger partial charge < -0.3 is 10.1 Å². The molecule has 1 aromatic heterocycles. The maximum absolute atomic E-state index is 12.4. The van der Waals surface area contributed by atoms with Gasteiger partial charge in [0.15, 0.2) is 0 Å². The SMILES string of the molecule is O=[N+]([O-])c1ncn(C2CC(F)C2)n1. The second-order valence-electron chi connectivity index (χ2n) is 3.00. The van der Waals surface area contributed by atoms with Gasteiger partial charge in [0.2, 0.25) is 6.33 Å². The molecule has 1 aromatic rings. The summed E-state index contributed by atoms with van der Waals surface area (Å²) in [6.45, 7) is 0. The second-order valence-corrected chi connectivity index (χ2v) is 3.00. The minimum Gasteiger partial charge on any atom is -0.390 e. The van der Waals surface area contributed by atoms with E-state index in [9.17, 15) is 14.5 Å². The monoisotopic (exact) mass is 186 g/mol. The van der Waals surface area contributed by atoms with Crippen LogP contribution in [0.3, 0.4) is 0 Å². The van der Waals surface area contributed by atoms with Crippen LogP contribution < -0.4 is 0 Å². The van der Waals surface area contributed by atoms with Gasteiger partial charge in [0.05, 0.1) is 6.04 Å². The number of halogens is 1. The second kappa shape index (κ2) is 2.75. The van der Waals surface area contributed by atoms with Crippen LogP contribution in [0.1, 0.15) is 18.9 Å². The first kappa shape index (κ1) is 8.09. The lowest BCUT2D eigenvalue weighted by atomic mass is 9.91. The van der Waals surface area contributed by atoms with Gasteiger partial charge in [-0.2, -0.15) is 4.68 Å². The normalized spacial score (nSPS) is 26.8. The van der Waals surface area contributed by atoms with E-state index in [1.165, 1.54) is 11.0 Å². The topological polar surface area (TPSA) is 73.8 Å². The molecule has 0 unspecified atom stereocenters. The van der Waals surface area contributed by atoms with Gasteiger partial charge in [0, 0.05) is 17.9 Å². The maximum atomic E-state index is 12.4. The zero-order valence-electron chi connectivity index (χ0n) is 6.63. The standard InChI is InChI=1S/C6H7FN4O2/c7-4-1-5(2-4)10-3-8-6(9-10)11(12)13/h3-5H,1-2H2. The van der Waals surface area contributed by atoms with Crippen LogP contribution in [0.25, 0.3) is 0 Å². The third kappa shape index (κ3) is 1.36. The Morgan fingerprint density at radius 2 is 2.38 bits per heavy atom. The van der Waals surface area contributed by atoms with Crippen molar-refractivity contribution in [2.24, 2.45) is 0 Å². The number of nitro groups is 1. The summed E-state index contributed by atoms with van der Waals surface area (Å²) in [6.07, 6.45) is 1.23. The number of rotatable bonds is 2. The van der Waals surface area contributed by atoms with Crippen LogP contribution in [0.4, 0.5) is 10.3 Å². The van der Waals surface area contributed by atoms with Crippen molar-refractivity contribution in [3.05, 3.63) is 16.4 Å². The molecule has 0 radical (unpaired) electrons. The summed E-state index contributed by atoms with van der Waals surface area (Å²) in [4.78, 5) is 13.0. The van der Waals surface area contributed by atoms with Crippen LogP contribution in [-0.2, 0) is 0 Å². The Kier molecular flexibility index (Phi) is 1.71. The molecule has 6 nitrogen and oxygen atoms in total. The Bertz CT molecular complexity index is 333. The van der Waals surface area contributed by atoms with Gasteiger partial charge >= 0.3 is 5.95 Å². The molecule has 0 saturated heterocycles. The van der Waals surface area contributed by atoms with Crippen LogP contribution in [0, 0.1) is 10.1 Å². The van der Waals surface area contributed by atoms with Crippen LogP contribution in [0.5, 0.6) is 0 Å². The van der Waals surface area contributed by atoms with E-state index in [1.54, 1.807) is 0 Å². The summed E-state index contributed by atoms with van der Waals surface area (Å²) in [6, 6.07) is -0.0591. The molecule has 0 amide bonds. The van der Waals surface area contributed by atoms with E-state index >= 15 is 0 Å². The van der Waals surface area contributed by atoms with Crippen LogP contribution in [-0.4, -0.2) is 25.9 Å². The van der Waals surface area contributed by atoms with E-state index in [2.05, 4.69) is 10.1 Å². The van der Waals surface area contributed by atoms with E-state index in [-0.39, 0.29) is 6.04 Å². The Morgan fingerprint density at radius 3 is 2.85 bits per heavy atom. The molecule has 2 rings (SSSR count). The van der Waals surface area contributed by atoms with Gasteiger partial charge in [-0.15, -0.1) is 0 Å². The maximum Gasteiger partial charge on any atom is 0.490 e. The summed E-state index contributed by atoms with van der Waals surface area (Å²) in [5.41, 5.74) is 0. The van der Waals surface area contributed by atoms with Crippen molar-refractivity contribution in [1.82, 2.24) is 14.8 Å². The minimum atomic E-state index is -0.798. The molecule has 1 fully saturated rings. The first-order valence-electron chi connectivity index (χ1n) is 3.86. The fourth-order valence-corrected chi connectivity index (χ4v) is 1.26. The van der Waals surface area contributed by atoms with Gasteiger partial charge in [0.25, 0.3) is 0 Å². The molecule has 0 aromatic carbocycles. The highest BCUT2D eigenvalue weighted by atomic mass is 19.1. The van der Waals surface area contributed by atoms with Crippen molar-refractivity contribution >= 4 is 5.95 Å². The Balaban J connectivity index is 2.10. The van der Waals surface area contributed by atoms with Gasteiger partial charge in [-0.05, 0) is 4.92 Å². The number of hydrogen-bond acceptors (Lipinski definition) is 4. The molecule has 1 saturated carbocycles. The summed E-state index contributed by atoms with van der Waals surface area (Å²) in [5, 5.41) is 13.8. The highest BCUT2D eigenvalue weighted by molar-refractivity contribution is 4.99. The molecule has 0 spiro atoms. The molecule has 0 N–H and O–H groups in total. The van der Waals surface area contributed by atoms with E-state index in [4.69, 9.17) is 0 Å². The average molecular weight is 186 g/mol. The number of hydrogen-bond donors (Lipinski definition) is 0. The van der Waals surface area contributed by atoms with Crippen LogP contribution in [0.2, 0.25) is 0 Å². The average Bonchev–Trinajstić information content (AvgIpc) is 2.46. The number of nitrogens with zero attached hydrogens (tertiary/aromatic N) is 4. The molecule has 7 heteroatoms. The van der Waals surface area contributed by atoms with Crippen molar-refractivity contribution in [3.8, 4) is 0 Å². The summed E-state index contributed by atoms with van der Waals surface area (Å²) in [5.74, 6) is -0.428. The smallest absolute Gasteiger partial charge is 0.390 e. The summed E-state index contributed by atoms with van der Waals surface area (Å²) >= 11 is 0. The Labute approximate surface area is 72.5 Å². The van der Waals surface area contributed by atoms with Crippen LogP contribution >= 0.6 is 0 Å². The first-order chi connectivity index (χ1) is 6.16. The lowest BCUT2D eigenvalue weighted by Gasteiger charge is -2.26. The highest BCUT2D eigenvalue weighted by Crippen LogP contribution is 2.33. The third-order valence-corrected chi connectivity index (χ3v) is 2.09. The molecule has 0 bridgehead atoms. The predicted octanol–water partition coefficient (Wildman–Crippen LogP) is 0.859. The van der Waals surface area contributed by atoms with Crippen molar-refractivity contribution in [2.45, 2.75) is 25.1 Å². The van der Waals surface area contributed by atoms with Gasteiger partial charge in [-0.3, -0.25) is 0 Å². The molecule has 0 atom stereocenters. The quantitative estimate of drug-likeness (QED) is 0.507. The first-order valence-corrected chi connectivity index (χ1v) is 3.86. The Hall–Kier alpha value is -1.53. The fraction of sp³-hybridized carbons (Fsp3) is 0.667. The van der Waals surface area contributed by atoms with Gasteiger partial charge in [-0.1, -0.05) is 4.98 Å². The fourth-order valence-electron chi connectivity index (χ4n) is 1.26. The molecular formula is C6H7FN4O2. The molecule has 1 aliphatic carbocycles. The van der Waals surface area contributed by atoms with Crippen molar-refractivity contribution in [3.63, 3.8) is 0 Å². The zero-order chi connectivity index (χ0) is 9.42. The van der Waals surface area contributed by atoms with Crippen LogP contribution in [0.15, 0.2) is 6.33 Å². The van der Waals surface area contributed by atoms with E-state index in [0.29, 0.717) is 12.8 Å². The number of aromatic nitrogens is 3. The molecule has 1 heterocycles. The number of alkyl halides is 1. The molecular weight excluding hydrogens is 179 g/mol. The van der Waals surface area contributed by atoms with Crippen molar-refractivity contribution < 1.29 is 9.31 Å². The van der Waals surface area contributed by atoms with Crippen molar-refractivity contribution in [1.29, 1.82) is 0 Å². The lowest BCUT2D eigenvalue weighted by Crippen LogP contribution is -2.28. The zero-order valence-corrected chi connectivity index (χ0v) is 6.63. The molecule has 1 aliphatic rings. The summed E-state index contributed by atoms with van der Waals surface area (Å²) in [7, 11) is 0. The molecule has 0 aliphatic heterocycles. The van der Waals surface area contributed by atoms with Gasteiger partial charge in [-0.25, -0.2) is 4.39 Å². The molecule has 13 heavy (non-hydrogen) atoms. The largest absolute Gasteiger partial charge is 0.490 e. The highest BCUT2D eigenvalue weighted by Gasteiger charge is 2.33. The van der Waals surface area contributed by atoms with Gasteiger partial charge in [0.1, 0.15) is 6.17 Å². The minimum absolute atomic E-state index is 0.0591. The third-order valence-electron chi connectivity index (χ3n) is 2.09.